The minimum absolute atomic E-state index is 0.0531. The second-order valence-corrected chi connectivity index (χ2v) is 4.63. The van der Waals surface area contributed by atoms with Gasteiger partial charge in [0.1, 0.15) is 18.1 Å². The summed E-state index contributed by atoms with van der Waals surface area (Å²) in [6.45, 7) is -1.27. The van der Waals surface area contributed by atoms with Gasteiger partial charge in [0.25, 0.3) is 5.91 Å². The number of hydrogen-bond donors (Lipinski definition) is 3. The molecule has 0 saturated carbocycles. The van der Waals surface area contributed by atoms with E-state index in [0.717, 1.165) is 18.2 Å². The molecule has 0 radical (unpaired) electrons. The molecule has 23 heavy (non-hydrogen) atoms. The lowest BCUT2D eigenvalue weighted by Crippen LogP contribution is -2.22. The molecular formula is C15H12F4N2O2. The fraction of sp³-hybridized carbons (Fsp3) is 0.133. The van der Waals surface area contributed by atoms with E-state index in [1.165, 1.54) is 24.3 Å². The van der Waals surface area contributed by atoms with Gasteiger partial charge in [0.2, 0.25) is 0 Å². The summed E-state index contributed by atoms with van der Waals surface area (Å²) in [5.74, 6) is -2.13. The predicted octanol–water partition coefficient (Wildman–Crippen LogP) is 3.76. The number of alkyl halides is 3. The van der Waals surface area contributed by atoms with Crippen LogP contribution in [0.3, 0.4) is 0 Å². The van der Waals surface area contributed by atoms with Gasteiger partial charge in [-0.3, -0.25) is 4.79 Å². The number of amides is 1. The monoisotopic (exact) mass is 328 g/mol. The minimum Gasteiger partial charge on any atom is -0.508 e. The zero-order valence-corrected chi connectivity index (χ0v) is 11.6. The van der Waals surface area contributed by atoms with E-state index >= 15 is 0 Å². The average molecular weight is 328 g/mol. The van der Waals surface area contributed by atoms with Crippen molar-refractivity contribution in [2.75, 3.05) is 17.2 Å². The highest BCUT2D eigenvalue weighted by molar-refractivity contribution is 6.06. The summed E-state index contributed by atoms with van der Waals surface area (Å²) in [7, 11) is 0. The number of phenolic OH excluding ortho intramolecular Hbond substituents is 1. The summed E-state index contributed by atoms with van der Waals surface area (Å²) in [6, 6.07) is 8.72. The first-order valence-electron chi connectivity index (χ1n) is 6.46. The first kappa shape index (κ1) is 16.6. The fourth-order valence-corrected chi connectivity index (χ4v) is 1.82. The summed E-state index contributed by atoms with van der Waals surface area (Å²) < 4.78 is 50.4. The van der Waals surface area contributed by atoms with Crippen molar-refractivity contribution in [3.05, 3.63) is 53.8 Å². The number of benzene rings is 2. The Bertz CT molecular complexity index is 717. The van der Waals surface area contributed by atoms with Crippen LogP contribution in [0.1, 0.15) is 10.4 Å². The molecule has 0 unspecified atom stereocenters. The first-order valence-corrected chi connectivity index (χ1v) is 6.46. The van der Waals surface area contributed by atoms with Crippen LogP contribution in [0, 0.1) is 5.82 Å². The van der Waals surface area contributed by atoms with E-state index in [4.69, 9.17) is 5.11 Å². The number of carbonyl (C=O) groups excluding carboxylic acids is 1. The largest absolute Gasteiger partial charge is 0.508 e. The van der Waals surface area contributed by atoms with Gasteiger partial charge in [-0.2, -0.15) is 13.2 Å². The first-order chi connectivity index (χ1) is 10.8. The molecule has 0 aliphatic rings. The molecule has 2 aromatic rings. The third-order valence-electron chi connectivity index (χ3n) is 2.85. The summed E-state index contributed by atoms with van der Waals surface area (Å²) in [6.07, 6.45) is -4.42. The van der Waals surface area contributed by atoms with Crippen molar-refractivity contribution in [2.45, 2.75) is 6.18 Å². The standard InChI is InChI=1S/C15H12F4N2O2/c16-11-7-9(22)5-6-10(11)14(23)21-13-4-2-1-3-12(13)20-8-15(17,18)19/h1-7,20,22H,8H2,(H,21,23). The lowest BCUT2D eigenvalue weighted by atomic mass is 10.1. The molecule has 0 aromatic heterocycles. The molecule has 1 amide bonds. The van der Waals surface area contributed by atoms with E-state index in [0.29, 0.717) is 0 Å². The van der Waals surface area contributed by atoms with Gasteiger partial charge in [-0.15, -0.1) is 0 Å². The second-order valence-electron chi connectivity index (χ2n) is 4.63. The van der Waals surface area contributed by atoms with Gasteiger partial charge in [0.05, 0.1) is 16.9 Å². The summed E-state index contributed by atoms with van der Waals surface area (Å²) >= 11 is 0. The normalized spacial score (nSPS) is 11.1. The van der Waals surface area contributed by atoms with Gasteiger partial charge in [0.15, 0.2) is 0 Å². The lowest BCUT2D eigenvalue weighted by molar-refractivity contribution is -0.115. The van der Waals surface area contributed by atoms with E-state index in [1.807, 2.05) is 0 Å². The number of para-hydroxylation sites is 2. The van der Waals surface area contributed by atoms with Crippen molar-refractivity contribution in [3.8, 4) is 5.75 Å². The van der Waals surface area contributed by atoms with Crippen LogP contribution >= 0.6 is 0 Å². The molecule has 0 fully saturated rings. The van der Waals surface area contributed by atoms with Crippen LogP contribution in [0.15, 0.2) is 42.5 Å². The molecule has 0 aliphatic carbocycles. The Hall–Kier alpha value is -2.77. The summed E-state index contributed by atoms with van der Waals surface area (Å²) in [5, 5.41) is 13.6. The quantitative estimate of drug-likeness (QED) is 0.749. The molecule has 122 valence electrons. The fourth-order valence-electron chi connectivity index (χ4n) is 1.82. The number of anilines is 2. The molecule has 0 saturated heterocycles. The van der Waals surface area contributed by atoms with Crippen molar-refractivity contribution in [1.29, 1.82) is 0 Å². The van der Waals surface area contributed by atoms with Crippen LogP contribution in [0.4, 0.5) is 28.9 Å². The number of carbonyl (C=O) groups is 1. The SMILES string of the molecule is O=C(Nc1ccccc1NCC(F)(F)F)c1ccc(O)cc1F. The van der Waals surface area contributed by atoms with Crippen LogP contribution in [-0.2, 0) is 0 Å². The zero-order valence-electron chi connectivity index (χ0n) is 11.6. The maximum Gasteiger partial charge on any atom is 0.405 e. The number of halogens is 4. The third kappa shape index (κ3) is 4.60. The van der Waals surface area contributed by atoms with Crippen LogP contribution in [0.5, 0.6) is 5.75 Å². The molecule has 2 rings (SSSR count). The number of nitrogens with one attached hydrogen (secondary N) is 2. The van der Waals surface area contributed by atoms with E-state index in [-0.39, 0.29) is 22.7 Å². The molecule has 2 aromatic carbocycles. The number of hydrogen-bond acceptors (Lipinski definition) is 3. The van der Waals surface area contributed by atoms with E-state index in [2.05, 4.69) is 10.6 Å². The molecule has 4 nitrogen and oxygen atoms in total. The lowest BCUT2D eigenvalue weighted by Gasteiger charge is -2.14. The molecule has 8 heteroatoms. The predicted molar refractivity (Wildman–Crippen MR) is 77.0 cm³/mol. The molecule has 0 heterocycles. The molecule has 3 N–H and O–H groups in total. The Kier molecular flexibility index (Phi) is 4.73. The molecule has 0 bridgehead atoms. The van der Waals surface area contributed by atoms with E-state index in [9.17, 15) is 22.4 Å². The van der Waals surface area contributed by atoms with E-state index < -0.39 is 24.4 Å². The summed E-state index contributed by atoms with van der Waals surface area (Å²) in [5.41, 5.74) is -0.208. The van der Waals surface area contributed by atoms with Gasteiger partial charge in [-0.1, -0.05) is 12.1 Å². The van der Waals surface area contributed by atoms with Crippen LogP contribution in [0.25, 0.3) is 0 Å². The van der Waals surface area contributed by atoms with Crippen LogP contribution < -0.4 is 10.6 Å². The summed E-state index contributed by atoms with van der Waals surface area (Å²) in [4.78, 5) is 12.0. The van der Waals surface area contributed by atoms with Crippen LogP contribution in [-0.4, -0.2) is 23.7 Å². The Morgan fingerprint density at radius 1 is 1.09 bits per heavy atom. The second kappa shape index (κ2) is 6.55. The van der Waals surface area contributed by atoms with Gasteiger partial charge >= 0.3 is 6.18 Å². The minimum atomic E-state index is -4.42. The maximum absolute atomic E-state index is 13.6. The van der Waals surface area contributed by atoms with Crippen molar-refractivity contribution in [3.63, 3.8) is 0 Å². The highest BCUT2D eigenvalue weighted by Crippen LogP contribution is 2.25. The van der Waals surface area contributed by atoms with Crippen molar-refractivity contribution in [1.82, 2.24) is 0 Å². The Balaban J connectivity index is 2.18. The smallest absolute Gasteiger partial charge is 0.405 e. The highest BCUT2D eigenvalue weighted by Gasteiger charge is 2.27. The molecule has 0 atom stereocenters. The maximum atomic E-state index is 13.6. The molecule has 0 aliphatic heterocycles. The topological polar surface area (TPSA) is 61.4 Å². The Morgan fingerprint density at radius 3 is 2.35 bits per heavy atom. The van der Waals surface area contributed by atoms with Crippen LogP contribution in [0.2, 0.25) is 0 Å². The Morgan fingerprint density at radius 2 is 1.74 bits per heavy atom. The number of aromatic hydroxyl groups is 1. The number of rotatable bonds is 4. The van der Waals surface area contributed by atoms with Crippen molar-refractivity contribution in [2.24, 2.45) is 0 Å². The van der Waals surface area contributed by atoms with Gasteiger partial charge in [-0.05, 0) is 24.3 Å². The Labute approximate surface area is 128 Å². The number of phenols is 1. The van der Waals surface area contributed by atoms with E-state index in [1.54, 1.807) is 0 Å². The van der Waals surface area contributed by atoms with Crippen molar-refractivity contribution < 1.29 is 27.5 Å². The molecule has 0 spiro atoms. The van der Waals surface area contributed by atoms with Gasteiger partial charge in [-0.25, -0.2) is 4.39 Å². The zero-order chi connectivity index (χ0) is 17.0. The van der Waals surface area contributed by atoms with Crippen molar-refractivity contribution >= 4 is 17.3 Å². The highest BCUT2D eigenvalue weighted by atomic mass is 19.4. The van der Waals surface area contributed by atoms with Gasteiger partial charge < -0.3 is 15.7 Å². The third-order valence-corrected chi connectivity index (χ3v) is 2.85. The molecular weight excluding hydrogens is 316 g/mol. The van der Waals surface area contributed by atoms with Gasteiger partial charge in [0, 0.05) is 6.07 Å². The average Bonchev–Trinajstić information content (AvgIpc) is 2.45.